The van der Waals surface area contributed by atoms with Gasteiger partial charge in [0.1, 0.15) is 4.34 Å². The minimum atomic E-state index is 0.695. The van der Waals surface area contributed by atoms with E-state index in [0.717, 1.165) is 23.8 Å². The first kappa shape index (κ1) is 13.7. The molecular weight excluding hydrogens is 409 g/mol. The molecule has 0 atom stereocenters. The smallest absolute Gasteiger partial charge is 0.107 e. The molecule has 2 aromatic rings. The largest absolute Gasteiger partial charge is 0.379 e. The Morgan fingerprint density at radius 2 is 1.94 bits per heavy atom. The molecule has 6 heteroatoms. The van der Waals surface area contributed by atoms with Gasteiger partial charge in [-0.25, -0.2) is 0 Å². The zero-order chi connectivity index (χ0) is 12.4. The van der Waals surface area contributed by atoms with Gasteiger partial charge in [-0.1, -0.05) is 39.1 Å². The van der Waals surface area contributed by atoms with E-state index in [1.54, 1.807) is 11.3 Å². The number of anilines is 1. The summed E-state index contributed by atoms with van der Waals surface area (Å²) < 4.78 is 2.67. The zero-order valence-corrected chi connectivity index (χ0v) is 13.9. The molecule has 0 saturated heterocycles. The van der Waals surface area contributed by atoms with Gasteiger partial charge in [-0.05, 0) is 40.2 Å². The molecule has 0 amide bonds. The Morgan fingerprint density at radius 3 is 2.53 bits per heavy atom. The van der Waals surface area contributed by atoms with Crippen molar-refractivity contribution >= 4 is 72.1 Å². The van der Waals surface area contributed by atoms with Crippen LogP contribution >= 0.6 is 66.4 Å². The summed E-state index contributed by atoms with van der Waals surface area (Å²) in [6.07, 6.45) is 0. The van der Waals surface area contributed by atoms with Crippen molar-refractivity contribution in [3.63, 3.8) is 0 Å². The third kappa shape index (κ3) is 3.61. The first-order valence-electron chi connectivity index (χ1n) is 4.69. The predicted molar refractivity (Wildman–Crippen MR) is 83.5 cm³/mol. The molecule has 17 heavy (non-hydrogen) atoms. The number of nitrogens with one attached hydrogen (secondary N) is 1. The van der Waals surface area contributed by atoms with Crippen LogP contribution in [0, 0.1) is 0 Å². The van der Waals surface area contributed by atoms with Gasteiger partial charge in [-0.2, -0.15) is 0 Å². The summed E-state index contributed by atoms with van der Waals surface area (Å²) in [5.41, 5.74) is 0.913. The van der Waals surface area contributed by atoms with Crippen molar-refractivity contribution in [1.29, 1.82) is 0 Å². The van der Waals surface area contributed by atoms with Crippen LogP contribution in [0.5, 0.6) is 0 Å². The van der Waals surface area contributed by atoms with Crippen LogP contribution in [0.2, 0.25) is 9.36 Å². The van der Waals surface area contributed by atoms with Crippen LogP contribution in [0.4, 0.5) is 5.69 Å². The fourth-order valence-corrected chi connectivity index (χ4v) is 3.76. The lowest BCUT2D eigenvalue weighted by Gasteiger charge is -2.07. The van der Waals surface area contributed by atoms with Crippen LogP contribution in [-0.4, -0.2) is 0 Å². The maximum absolute atomic E-state index is 6.11. The number of hydrogen-bond acceptors (Lipinski definition) is 2. The minimum absolute atomic E-state index is 0.695. The van der Waals surface area contributed by atoms with Crippen molar-refractivity contribution in [2.45, 2.75) is 6.54 Å². The van der Waals surface area contributed by atoms with Gasteiger partial charge < -0.3 is 5.32 Å². The van der Waals surface area contributed by atoms with Crippen LogP contribution < -0.4 is 5.32 Å². The van der Waals surface area contributed by atoms with E-state index in [0.29, 0.717) is 11.6 Å². The molecule has 0 aliphatic heterocycles. The zero-order valence-electron chi connectivity index (χ0n) is 8.44. The molecule has 2 rings (SSSR count). The predicted octanol–water partition coefficient (Wildman–Crippen LogP) is 6.19. The summed E-state index contributed by atoms with van der Waals surface area (Å²) in [6.45, 7) is 0.706. The van der Waals surface area contributed by atoms with Crippen LogP contribution in [0.1, 0.15) is 4.88 Å². The molecule has 0 aliphatic carbocycles. The summed E-state index contributed by atoms with van der Waals surface area (Å²) >= 11 is 20.4. The summed E-state index contributed by atoms with van der Waals surface area (Å²) in [7, 11) is 0. The highest BCUT2D eigenvalue weighted by atomic mass is 79.9. The number of benzene rings is 1. The normalized spacial score (nSPS) is 10.6. The average molecular weight is 416 g/mol. The van der Waals surface area contributed by atoms with Gasteiger partial charge >= 0.3 is 0 Å². The number of halogens is 4. The van der Waals surface area contributed by atoms with Gasteiger partial charge in [0.25, 0.3) is 0 Å². The number of thiophene rings is 1. The molecule has 1 N–H and O–H groups in total. The molecule has 0 radical (unpaired) electrons. The third-order valence-corrected chi connectivity index (χ3v) is 5.36. The second-order valence-electron chi connectivity index (χ2n) is 3.31. The molecule has 0 fully saturated rings. The van der Waals surface area contributed by atoms with Gasteiger partial charge in [0.15, 0.2) is 0 Å². The molecule has 1 aromatic carbocycles. The Bertz CT molecular complexity index is 523. The molecule has 0 aliphatic rings. The molecule has 1 nitrogen and oxygen atoms in total. The Labute approximate surface area is 130 Å². The van der Waals surface area contributed by atoms with Gasteiger partial charge in [0.2, 0.25) is 0 Å². The van der Waals surface area contributed by atoms with Gasteiger partial charge in [-0.15, -0.1) is 11.3 Å². The Balaban J connectivity index is 2.07. The lowest BCUT2D eigenvalue weighted by molar-refractivity contribution is 1.19. The SMILES string of the molecule is Clc1cc(Br)ccc1NCc1cc(Br)c(Cl)s1. The van der Waals surface area contributed by atoms with E-state index >= 15 is 0 Å². The molecule has 0 bridgehead atoms. The van der Waals surface area contributed by atoms with Crippen molar-refractivity contribution in [1.82, 2.24) is 0 Å². The first-order valence-corrected chi connectivity index (χ1v) is 7.85. The quantitative estimate of drug-likeness (QED) is 0.630. The van der Waals surface area contributed by atoms with Crippen LogP contribution in [-0.2, 0) is 6.54 Å². The molecule has 90 valence electrons. The van der Waals surface area contributed by atoms with E-state index in [9.17, 15) is 0 Å². The number of rotatable bonds is 3. The van der Waals surface area contributed by atoms with E-state index < -0.39 is 0 Å². The summed E-state index contributed by atoms with van der Waals surface area (Å²) in [6, 6.07) is 7.76. The highest BCUT2D eigenvalue weighted by Gasteiger charge is 2.05. The van der Waals surface area contributed by atoms with Gasteiger partial charge in [0, 0.05) is 20.4 Å². The van der Waals surface area contributed by atoms with Gasteiger partial charge in [-0.3, -0.25) is 0 Å². The minimum Gasteiger partial charge on any atom is -0.379 e. The van der Waals surface area contributed by atoms with Crippen LogP contribution in [0.3, 0.4) is 0 Å². The molecule has 0 saturated carbocycles. The summed E-state index contributed by atoms with van der Waals surface area (Å²) in [5.74, 6) is 0. The second kappa shape index (κ2) is 5.93. The fourth-order valence-electron chi connectivity index (χ4n) is 1.29. The lowest BCUT2D eigenvalue weighted by atomic mass is 10.3. The first-order chi connectivity index (χ1) is 8.06. The average Bonchev–Trinajstić information content (AvgIpc) is 2.57. The van der Waals surface area contributed by atoms with Crippen molar-refractivity contribution in [2.75, 3.05) is 5.32 Å². The molecular formula is C11H7Br2Cl2NS. The summed E-state index contributed by atoms with van der Waals surface area (Å²) in [5, 5.41) is 3.97. The Kier molecular flexibility index (Phi) is 4.78. The highest BCUT2D eigenvalue weighted by molar-refractivity contribution is 9.10. The standard InChI is InChI=1S/C11H7Br2Cl2NS/c12-6-1-2-10(9(14)3-6)16-5-7-4-8(13)11(15)17-7/h1-4,16H,5H2. The van der Waals surface area contributed by atoms with E-state index in [1.165, 1.54) is 0 Å². The van der Waals surface area contributed by atoms with E-state index in [-0.39, 0.29) is 0 Å². The molecule has 1 heterocycles. The van der Waals surface area contributed by atoms with Crippen molar-refractivity contribution in [3.8, 4) is 0 Å². The van der Waals surface area contributed by atoms with E-state index in [2.05, 4.69) is 37.2 Å². The third-order valence-electron chi connectivity index (χ3n) is 2.08. The molecule has 0 unspecified atom stereocenters. The van der Waals surface area contributed by atoms with Gasteiger partial charge in [0.05, 0.1) is 10.7 Å². The lowest BCUT2D eigenvalue weighted by Crippen LogP contribution is -1.97. The second-order valence-corrected chi connectivity index (χ2v) is 7.23. The van der Waals surface area contributed by atoms with Crippen molar-refractivity contribution in [2.24, 2.45) is 0 Å². The monoisotopic (exact) mass is 413 g/mol. The van der Waals surface area contributed by atoms with Crippen molar-refractivity contribution < 1.29 is 0 Å². The Hall–Kier alpha value is 0.260. The van der Waals surface area contributed by atoms with E-state index in [1.807, 2.05) is 24.3 Å². The topological polar surface area (TPSA) is 12.0 Å². The fraction of sp³-hybridized carbons (Fsp3) is 0.0909. The maximum atomic E-state index is 6.11. The van der Waals surface area contributed by atoms with Crippen LogP contribution in [0.25, 0.3) is 0 Å². The Morgan fingerprint density at radius 1 is 1.18 bits per heavy atom. The molecule has 1 aromatic heterocycles. The summed E-state index contributed by atoms with van der Waals surface area (Å²) in [4.78, 5) is 1.15. The number of hydrogen-bond donors (Lipinski definition) is 1. The van der Waals surface area contributed by atoms with E-state index in [4.69, 9.17) is 23.2 Å². The highest BCUT2D eigenvalue weighted by Crippen LogP contribution is 2.33. The van der Waals surface area contributed by atoms with Crippen LogP contribution in [0.15, 0.2) is 33.2 Å². The van der Waals surface area contributed by atoms with Crippen molar-refractivity contribution in [3.05, 3.63) is 47.4 Å². The maximum Gasteiger partial charge on any atom is 0.107 e. The molecule has 0 spiro atoms.